The number of aliphatic hydroxyl groups excluding tert-OH is 3. The second-order valence-electron chi connectivity index (χ2n) is 18.2. The number of aliphatic hydroxyl groups is 3. The van der Waals surface area contributed by atoms with E-state index in [4.69, 9.17) is 19.5 Å². The van der Waals surface area contributed by atoms with Gasteiger partial charge in [0.2, 0.25) is 11.8 Å². The summed E-state index contributed by atoms with van der Waals surface area (Å²) in [6, 6.07) is 0. The Morgan fingerprint density at radius 2 is 1.49 bits per heavy atom. The molecule has 1 aliphatic heterocycles. The maximum Gasteiger partial charge on any atom is 0.481 e. The van der Waals surface area contributed by atoms with Crippen LogP contribution in [0.1, 0.15) is 143 Å². The highest BCUT2D eigenvalue weighted by molar-refractivity contribution is 8.13. The van der Waals surface area contributed by atoms with Crippen LogP contribution in [0.5, 0.6) is 0 Å². The lowest BCUT2D eigenvalue weighted by atomic mass is 9.87. The molecule has 3 rings (SSSR count). The maximum absolute atomic E-state index is 12.8. The second-order valence-corrected chi connectivity index (χ2v) is 23.6. The molecule has 2 aromatic rings. The quantitative estimate of drug-likeness (QED) is 0.0234. The number of amides is 2. The van der Waals surface area contributed by atoms with Crippen molar-refractivity contribution in [1.29, 1.82) is 0 Å². The lowest BCUT2D eigenvalue weighted by Gasteiger charge is -2.30. The molecule has 2 amide bonds. The van der Waals surface area contributed by atoms with Gasteiger partial charge >= 0.3 is 23.5 Å². The van der Waals surface area contributed by atoms with Crippen LogP contribution in [0.4, 0.5) is 5.82 Å². The Labute approximate surface area is 424 Å². The molecule has 11 N–H and O–H groups in total. The van der Waals surface area contributed by atoms with Crippen LogP contribution >= 0.6 is 35.2 Å². The van der Waals surface area contributed by atoms with E-state index in [9.17, 15) is 63.0 Å². The van der Waals surface area contributed by atoms with Crippen LogP contribution < -0.4 is 16.4 Å². The van der Waals surface area contributed by atoms with Gasteiger partial charge in [-0.15, -0.1) is 0 Å². The molecule has 0 saturated carbocycles. The summed E-state index contributed by atoms with van der Waals surface area (Å²) in [5.74, 6) is -1.22. The maximum atomic E-state index is 12.8. The first-order valence-electron chi connectivity index (χ1n) is 24.3. The molecule has 8 atom stereocenters. The summed E-state index contributed by atoms with van der Waals surface area (Å²) in [6.07, 6.45) is 15.6. The summed E-state index contributed by atoms with van der Waals surface area (Å²) < 4.78 is 62.5. The van der Waals surface area contributed by atoms with Gasteiger partial charge in [0.15, 0.2) is 22.8 Å². The molecular weight excluding hydrogens is 1030 g/mol. The van der Waals surface area contributed by atoms with Crippen molar-refractivity contribution in [2.45, 2.75) is 173 Å². The number of nitrogens with zero attached hydrogens (tertiary/aromatic N) is 4. The summed E-state index contributed by atoms with van der Waals surface area (Å²) in [7, 11) is -16.4. The number of nitrogens with one attached hydrogen (secondary N) is 2. The zero-order chi connectivity index (χ0) is 53.4. The number of rotatable bonds is 38. The fourth-order valence-electron chi connectivity index (χ4n) is 7.45. The highest BCUT2D eigenvalue weighted by Crippen LogP contribution is 2.61. The molecule has 3 heterocycles. The molecule has 0 spiro atoms. The molecule has 29 heteroatoms. The Balaban J connectivity index is 1.27. The van der Waals surface area contributed by atoms with Gasteiger partial charge in [-0.05, 0) is 32.1 Å². The van der Waals surface area contributed by atoms with E-state index in [0.29, 0.717) is 6.42 Å². The van der Waals surface area contributed by atoms with Crippen LogP contribution in [0.3, 0.4) is 0 Å². The summed E-state index contributed by atoms with van der Waals surface area (Å²) >= 11 is 0.997. The molecule has 1 saturated heterocycles. The number of nitrogens with two attached hydrogens (primary N) is 1. The highest BCUT2D eigenvalue weighted by atomic mass is 32.2. The number of hydrogen-bond acceptors (Lipinski definition) is 19. The smallest absolute Gasteiger partial charge is 0.393 e. The number of carbonyl (C=O) groups excluding carboxylic acids is 3. The molecule has 0 radical (unpaired) electrons. The van der Waals surface area contributed by atoms with Crippen molar-refractivity contribution in [2.24, 2.45) is 5.41 Å². The largest absolute Gasteiger partial charge is 0.481 e. The standard InChI is InChI=1S/C43H76N7O18P3S/c1-4-5-6-7-8-9-10-11-12-13-14-15-16-17-18-19-20-21-31(51)26-34(53)72-25-24-45-33(52)22-23-46-41(56)38(55)43(2,3)28-65-71(62,63)68-70(60,61)64-27-32-37(67-69(57,58)59)36(54)42(66-32)50-30-49-35-39(44)47-29-48-40(35)50/h13-14,29-32,36-38,42,51,54-55H,4-12,15-28H2,1-3H3,(H,45,52)(H,46,56)(H,60,61)(H,62,63)(H2,44,47,48)(H2,57,58,59)/b14-13-/t31-,32+,36+,37+,38-,42+/m0/s1. The number of phosphoric acid groups is 3. The van der Waals surface area contributed by atoms with E-state index in [0.717, 1.165) is 73.9 Å². The number of fused-ring (bicyclic) bond motifs is 1. The Kier molecular flexibility index (Phi) is 28.2. The third-order valence-electron chi connectivity index (χ3n) is 11.5. The van der Waals surface area contributed by atoms with Crippen LogP contribution in [0.25, 0.3) is 11.2 Å². The van der Waals surface area contributed by atoms with Crippen molar-refractivity contribution < 1.29 is 85.6 Å². The van der Waals surface area contributed by atoms with Crippen LogP contribution in [-0.4, -0.2) is 134 Å². The number of thioether (sulfide) groups is 1. The van der Waals surface area contributed by atoms with Gasteiger partial charge in [0.05, 0.1) is 25.6 Å². The predicted octanol–water partition coefficient (Wildman–Crippen LogP) is 5.23. The van der Waals surface area contributed by atoms with Gasteiger partial charge in [0, 0.05) is 37.1 Å². The van der Waals surface area contributed by atoms with Crippen molar-refractivity contribution in [3.05, 3.63) is 24.8 Å². The predicted molar refractivity (Wildman–Crippen MR) is 266 cm³/mol. The molecule has 0 aliphatic carbocycles. The van der Waals surface area contributed by atoms with Crippen LogP contribution in [0.2, 0.25) is 0 Å². The van der Waals surface area contributed by atoms with Crippen LogP contribution in [0, 0.1) is 5.41 Å². The number of hydrogen-bond donors (Lipinski definition) is 10. The van der Waals surface area contributed by atoms with E-state index in [1.165, 1.54) is 65.2 Å². The van der Waals surface area contributed by atoms with Crippen molar-refractivity contribution in [3.63, 3.8) is 0 Å². The summed E-state index contributed by atoms with van der Waals surface area (Å²) in [4.78, 5) is 88.6. The molecular formula is C43H76N7O18P3S. The summed E-state index contributed by atoms with van der Waals surface area (Å²) in [5.41, 5.74) is 4.26. The van der Waals surface area contributed by atoms with Gasteiger partial charge in [-0.3, -0.25) is 32.5 Å². The SMILES string of the molecule is CCCCCCCCCC/C=C\CCCCCCC[C@H](O)CC(=O)SCCNC(=O)CCNC(=O)[C@H](O)C(C)(C)COP(=O)(O)OP(=O)(O)OC[C@H]1O[C@@H](n2cnc3c(N)ncnc32)[C@H](O)[C@@H]1OP(=O)(O)O. The second kappa shape index (κ2) is 32.0. The lowest BCUT2D eigenvalue weighted by molar-refractivity contribution is -0.137. The average Bonchev–Trinajstić information content (AvgIpc) is 3.86. The van der Waals surface area contributed by atoms with Gasteiger partial charge in [0.25, 0.3) is 0 Å². The van der Waals surface area contributed by atoms with Gasteiger partial charge in [-0.25, -0.2) is 28.6 Å². The fourth-order valence-corrected chi connectivity index (χ4v) is 11.0. The lowest BCUT2D eigenvalue weighted by Crippen LogP contribution is -2.46. The fraction of sp³-hybridized carbons (Fsp3) is 0.767. The number of imidazole rings is 1. The number of allylic oxidation sites excluding steroid dienone is 2. The first-order chi connectivity index (χ1) is 33.9. The Hall–Kier alpha value is -2.74. The highest BCUT2D eigenvalue weighted by Gasteiger charge is 2.50. The first-order valence-corrected chi connectivity index (χ1v) is 29.8. The molecule has 0 aromatic carbocycles. The molecule has 1 aliphatic rings. The van der Waals surface area contributed by atoms with Crippen molar-refractivity contribution >= 4 is 69.1 Å². The van der Waals surface area contributed by atoms with Crippen LogP contribution in [-0.2, 0) is 50.7 Å². The molecule has 1 fully saturated rings. The summed E-state index contributed by atoms with van der Waals surface area (Å²) in [6.45, 7) is 2.64. The average molecular weight is 1100 g/mol. The van der Waals surface area contributed by atoms with Gasteiger partial charge in [-0.1, -0.05) is 115 Å². The minimum atomic E-state index is -5.59. The van der Waals surface area contributed by atoms with Gasteiger partial charge < -0.3 is 56.0 Å². The molecule has 25 nitrogen and oxygen atoms in total. The third-order valence-corrected chi connectivity index (χ3v) is 15.5. The number of anilines is 1. The number of aromatic nitrogens is 4. The minimum absolute atomic E-state index is 0.0180. The minimum Gasteiger partial charge on any atom is -0.393 e. The molecule has 0 bridgehead atoms. The van der Waals surface area contributed by atoms with E-state index in [1.807, 2.05) is 0 Å². The van der Waals surface area contributed by atoms with Gasteiger partial charge in [0.1, 0.15) is 36.3 Å². The first kappa shape index (κ1) is 63.6. The van der Waals surface area contributed by atoms with E-state index in [-0.39, 0.29) is 53.8 Å². The van der Waals surface area contributed by atoms with E-state index in [2.05, 4.69) is 53.5 Å². The Morgan fingerprint density at radius 3 is 2.12 bits per heavy atom. The Morgan fingerprint density at radius 1 is 0.875 bits per heavy atom. The topological polar surface area (TPSA) is 384 Å². The third kappa shape index (κ3) is 24.3. The van der Waals surface area contributed by atoms with E-state index in [1.54, 1.807) is 0 Å². The number of carbonyl (C=O) groups is 3. The monoisotopic (exact) mass is 1100 g/mol. The molecule has 412 valence electrons. The number of phosphoric ester groups is 3. The molecule has 2 aromatic heterocycles. The number of ether oxygens (including phenoxy) is 1. The zero-order valence-electron chi connectivity index (χ0n) is 41.3. The van der Waals surface area contributed by atoms with Gasteiger partial charge in [-0.2, -0.15) is 4.31 Å². The summed E-state index contributed by atoms with van der Waals surface area (Å²) in [5, 5.41) is 36.7. The molecule has 2 unspecified atom stereocenters. The van der Waals surface area contributed by atoms with Crippen LogP contribution in [0.15, 0.2) is 24.8 Å². The normalized spacial score (nSPS) is 20.1. The van der Waals surface area contributed by atoms with Crippen molar-refractivity contribution in [1.82, 2.24) is 30.2 Å². The van der Waals surface area contributed by atoms with Crippen molar-refractivity contribution in [2.75, 3.05) is 37.8 Å². The van der Waals surface area contributed by atoms with E-state index >= 15 is 0 Å². The van der Waals surface area contributed by atoms with E-state index < -0.39 is 90.7 Å². The Bertz CT molecular complexity index is 2150. The zero-order valence-corrected chi connectivity index (χ0v) is 44.8. The number of nitrogen functional groups attached to an aromatic ring is 1. The number of unbranched alkanes of at least 4 members (excludes halogenated alkanes) is 13. The molecule has 72 heavy (non-hydrogen) atoms. The van der Waals surface area contributed by atoms with Crippen molar-refractivity contribution in [3.8, 4) is 0 Å².